The Balaban J connectivity index is 1.84. The molecule has 6 heteroatoms. The van der Waals surface area contributed by atoms with Gasteiger partial charge in [-0.3, -0.25) is 9.97 Å². The van der Waals surface area contributed by atoms with E-state index in [0.717, 1.165) is 41.9 Å². The van der Waals surface area contributed by atoms with Crippen molar-refractivity contribution in [2.45, 2.75) is 32.7 Å². The lowest BCUT2D eigenvalue weighted by Crippen LogP contribution is -2.11. The second-order valence-electron chi connectivity index (χ2n) is 5.15. The third kappa shape index (κ3) is 2.84. The van der Waals surface area contributed by atoms with Crippen LogP contribution in [0.1, 0.15) is 39.4 Å². The van der Waals surface area contributed by atoms with Gasteiger partial charge >= 0.3 is 5.97 Å². The van der Waals surface area contributed by atoms with Crippen molar-refractivity contribution in [1.29, 1.82) is 0 Å². The Morgan fingerprint density at radius 1 is 1.33 bits per heavy atom. The number of aromatic carboxylic acids is 1. The van der Waals surface area contributed by atoms with Crippen LogP contribution in [0, 0.1) is 6.92 Å². The van der Waals surface area contributed by atoms with Gasteiger partial charge in [0.15, 0.2) is 0 Å². The van der Waals surface area contributed by atoms with Crippen molar-refractivity contribution in [3.63, 3.8) is 0 Å². The quantitative estimate of drug-likeness (QED) is 0.892. The Morgan fingerprint density at radius 2 is 2.19 bits per heavy atom. The number of carboxylic acids is 1. The van der Waals surface area contributed by atoms with Gasteiger partial charge in [-0.25, -0.2) is 9.78 Å². The van der Waals surface area contributed by atoms with Gasteiger partial charge in [0.1, 0.15) is 11.4 Å². The monoisotopic (exact) mass is 284 g/mol. The van der Waals surface area contributed by atoms with E-state index in [1.165, 1.54) is 0 Å². The Bertz CT molecular complexity index is 683. The van der Waals surface area contributed by atoms with Crippen LogP contribution in [0.4, 0.5) is 5.82 Å². The molecule has 0 radical (unpaired) electrons. The van der Waals surface area contributed by atoms with Gasteiger partial charge in [-0.05, 0) is 37.8 Å². The average molecular weight is 284 g/mol. The molecular formula is C15H16N4O2. The van der Waals surface area contributed by atoms with Gasteiger partial charge in [0, 0.05) is 11.9 Å². The third-order valence-corrected chi connectivity index (χ3v) is 3.55. The molecule has 0 saturated carbocycles. The highest BCUT2D eigenvalue weighted by atomic mass is 16.4. The Kier molecular flexibility index (Phi) is 3.51. The summed E-state index contributed by atoms with van der Waals surface area (Å²) in [4.78, 5) is 24.2. The maximum Gasteiger partial charge on any atom is 0.339 e. The van der Waals surface area contributed by atoms with Crippen LogP contribution in [0.5, 0.6) is 0 Å². The normalized spacial score (nSPS) is 13.0. The number of hydrogen-bond acceptors (Lipinski definition) is 5. The van der Waals surface area contributed by atoms with Gasteiger partial charge in [0.05, 0.1) is 24.1 Å². The van der Waals surface area contributed by atoms with Crippen molar-refractivity contribution in [1.82, 2.24) is 15.0 Å². The zero-order valence-electron chi connectivity index (χ0n) is 11.8. The fraction of sp³-hybridized carbons (Fsp3) is 0.333. The van der Waals surface area contributed by atoms with Crippen LogP contribution in [0.3, 0.4) is 0 Å². The number of aromatic nitrogens is 3. The molecule has 3 rings (SSSR count). The molecule has 2 N–H and O–H groups in total. The molecule has 0 aromatic carbocycles. The summed E-state index contributed by atoms with van der Waals surface area (Å²) in [6, 6.07) is 1.74. The Hall–Kier alpha value is -2.50. The van der Waals surface area contributed by atoms with E-state index in [1.54, 1.807) is 18.5 Å². The van der Waals surface area contributed by atoms with Gasteiger partial charge in [0.25, 0.3) is 0 Å². The number of fused-ring (bicyclic) bond motifs is 1. The topological polar surface area (TPSA) is 88.0 Å². The van der Waals surface area contributed by atoms with E-state index in [-0.39, 0.29) is 5.56 Å². The van der Waals surface area contributed by atoms with Gasteiger partial charge < -0.3 is 10.4 Å². The molecule has 2 heterocycles. The summed E-state index contributed by atoms with van der Waals surface area (Å²) in [6.07, 6.45) is 6.22. The zero-order valence-corrected chi connectivity index (χ0v) is 11.8. The summed E-state index contributed by atoms with van der Waals surface area (Å²) in [7, 11) is 0. The van der Waals surface area contributed by atoms with Crippen molar-refractivity contribution < 1.29 is 9.90 Å². The first kappa shape index (κ1) is 13.5. The van der Waals surface area contributed by atoms with E-state index in [9.17, 15) is 9.90 Å². The Labute approximate surface area is 122 Å². The van der Waals surface area contributed by atoms with E-state index < -0.39 is 5.97 Å². The molecule has 0 bridgehead atoms. The lowest BCUT2D eigenvalue weighted by atomic mass is 10.1. The first-order valence-corrected chi connectivity index (χ1v) is 6.91. The molecule has 0 saturated heterocycles. The van der Waals surface area contributed by atoms with Crippen LogP contribution in [0.25, 0.3) is 0 Å². The zero-order chi connectivity index (χ0) is 14.8. The lowest BCUT2D eigenvalue weighted by molar-refractivity contribution is 0.0697. The van der Waals surface area contributed by atoms with E-state index in [1.807, 2.05) is 6.92 Å². The highest BCUT2D eigenvalue weighted by Gasteiger charge is 2.19. The number of nitrogens with one attached hydrogen (secondary N) is 1. The largest absolute Gasteiger partial charge is 0.478 e. The number of carbonyl (C=O) groups is 1. The van der Waals surface area contributed by atoms with Crippen molar-refractivity contribution in [3.8, 4) is 0 Å². The smallest absolute Gasteiger partial charge is 0.339 e. The summed E-state index contributed by atoms with van der Waals surface area (Å²) < 4.78 is 0. The predicted octanol–water partition coefficient (Wildman–Crippen LogP) is 1.98. The third-order valence-electron chi connectivity index (χ3n) is 3.55. The summed E-state index contributed by atoms with van der Waals surface area (Å²) in [5.41, 5.74) is 3.86. The molecule has 1 aliphatic rings. The average Bonchev–Trinajstić information content (AvgIpc) is 2.92. The summed E-state index contributed by atoms with van der Waals surface area (Å²) >= 11 is 0. The molecule has 6 nitrogen and oxygen atoms in total. The van der Waals surface area contributed by atoms with E-state index in [2.05, 4.69) is 20.3 Å². The molecule has 0 atom stereocenters. The maximum atomic E-state index is 11.4. The van der Waals surface area contributed by atoms with Gasteiger partial charge in [-0.15, -0.1) is 0 Å². The highest BCUT2D eigenvalue weighted by molar-refractivity contribution is 5.93. The molecular weight excluding hydrogens is 268 g/mol. The van der Waals surface area contributed by atoms with E-state index in [4.69, 9.17) is 0 Å². The summed E-state index contributed by atoms with van der Waals surface area (Å²) in [5, 5.41) is 12.4. The van der Waals surface area contributed by atoms with E-state index in [0.29, 0.717) is 12.4 Å². The fourth-order valence-corrected chi connectivity index (χ4v) is 2.45. The second-order valence-corrected chi connectivity index (χ2v) is 5.15. The molecule has 1 aliphatic carbocycles. The first-order chi connectivity index (χ1) is 10.1. The number of nitrogens with zero attached hydrogens (tertiary/aromatic N) is 3. The molecule has 108 valence electrons. The van der Waals surface area contributed by atoms with Crippen LogP contribution in [-0.4, -0.2) is 26.0 Å². The van der Waals surface area contributed by atoms with Crippen molar-refractivity contribution in [2.24, 2.45) is 0 Å². The number of hydrogen-bond donors (Lipinski definition) is 2. The van der Waals surface area contributed by atoms with E-state index >= 15 is 0 Å². The molecule has 0 fully saturated rings. The number of carboxylic acid groups (broad SMARTS) is 1. The second kappa shape index (κ2) is 5.47. The molecule has 0 unspecified atom stereocenters. The maximum absolute atomic E-state index is 11.4. The highest BCUT2D eigenvalue weighted by Crippen LogP contribution is 2.25. The first-order valence-electron chi connectivity index (χ1n) is 6.91. The van der Waals surface area contributed by atoms with Crippen LogP contribution < -0.4 is 5.32 Å². The summed E-state index contributed by atoms with van der Waals surface area (Å²) in [5.74, 6) is -0.555. The SMILES string of the molecule is Cc1cnc(CNc2nc3c(cc2C(=O)O)CCC3)cn1. The van der Waals surface area contributed by atoms with Crippen molar-refractivity contribution in [2.75, 3.05) is 5.32 Å². The van der Waals surface area contributed by atoms with Crippen molar-refractivity contribution in [3.05, 3.63) is 46.7 Å². The summed E-state index contributed by atoms with van der Waals surface area (Å²) in [6.45, 7) is 2.27. The fourth-order valence-electron chi connectivity index (χ4n) is 2.45. The minimum absolute atomic E-state index is 0.218. The predicted molar refractivity (Wildman–Crippen MR) is 77.3 cm³/mol. The van der Waals surface area contributed by atoms with Crippen LogP contribution >= 0.6 is 0 Å². The van der Waals surface area contributed by atoms with Gasteiger partial charge in [0.2, 0.25) is 0 Å². The molecule has 2 aromatic heterocycles. The molecule has 0 aliphatic heterocycles. The van der Waals surface area contributed by atoms with Gasteiger partial charge in [-0.1, -0.05) is 0 Å². The minimum atomic E-state index is -0.963. The number of pyridine rings is 1. The van der Waals surface area contributed by atoms with Crippen LogP contribution in [0.15, 0.2) is 18.5 Å². The minimum Gasteiger partial charge on any atom is -0.478 e. The number of anilines is 1. The van der Waals surface area contributed by atoms with Crippen LogP contribution in [0.2, 0.25) is 0 Å². The van der Waals surface area contributed by atoms with Crippen molar-refractivity contribution >= 4 is 11.8 Å². The van der Waals surface area contributed by atoms with Gasteiger partial charge in [-0.2, -0.15) is 0 Å². The molecule has 21 heavy (non-hydrogen) atoms. The molecule has 0 amide bonds. The van der Waals surface area contributed by atoms with Crippen LogP contribution in [-0.2, 0) is 19.4 Å². The standard InChI is InChI=1S/C15H16N4O2/c1-9-6-17-11(7-16-9)8-18-14-12(15(20)21)5-10-3-2-4-13(10)19-14/h5-7H,2-4,8H2,1H3,(H,18,19)(H,20,21). The lowest BCUT2D eigenvalue weighted by Gasteiger charge is -2.10. The Morgan fingerprint density at radius 3 is 2.90 bits per heavy atom. The molecule has 2 aromatic rings. The number of aryl methyl sites for hydroxylation is 3. The number of rotatable bonds is 4. The molecule has 0 spiro atoms.